The highest BCUT2D eigenvalue weighted by Gasteiger charge is 2.33. The molecular weight excluding hydrogens is 524 g/mol. The van der Waals surface area contributed by atoms with Crippen LogP contribution in [0.1, 0.15) is 47.8 Å². The average Bonchev–Trinajstić information content (AvgIpc) is 3.66. The van der Waals surface area contributed by atoms with Gasteiger partial charge in [-0.25, -0.2) is 14.6 Å². The van der Waals surface area contributed by atoms with E-state index < -0.39 is 12.0 Å². The summed E-state index contributed by atoms with van der Waals surface area (Å²) < 4.78 is 18.3. The lowest BCUT2D eigenvalue weighted by Crippen LogP contribution is -2.39. The van der Waals surface area contributed by atoms with E-state index in [1.54, 1.807) is 67.8 Å². The Morgan fingerprint density at radius 1 is 1.05 bits per heavy atom. The molecule has 4 heterocycles. The number of carbonyl (C=O) groups is 2. The first-order chi connectivity index (χ1) is 18.4. The maximum atomic E-state index is 13.6. The molecule has 0 bridgehead atoms. The minimum absolute atomic E-state index is 0.226. The average molecular weight is 549 g/mol. The second kappa shape index (κ2) is 10.8. The number of carbonyl (C=O) groups excluding carboxylic acids is 2. The highest BCUT2D eigenvalue weighted by Crippen LogP contribution is 2.33. The van der Waals surface area contributed by atoms with E-state index in [9.17, 15) is 14.4 Å². The van der Waals surface area contributed by atoms with Crippen molar-refractivity contribution in [3.63, 3.8) is 0 Å². The number of thiophene rings is 1. The lowest BCUT2D eigenvalue weighted by atomic mass is 10.0. The van der Waals surface area contributed by atoms with Crippen molar-refractivity contribution in [3.05, 3.63) is 101 Å². The van der Waals surface area contributed by atoms with Crippen LogP contribution >= 0.6 is 22.7 Å². The van der Waals surface area contributed by atoms with E-state index in [1.165, 1.54) is 22.7 Å². The van der Waals surface area contributed by atoms with Gasteiger partial charge in [-0.2, -0.15) is 0 Å². The molecule has 0 saturated heterocycles. The van der Waals surface area contributed by atoms with Crippen LogP contribution in [0, 0.1) is 0 Å². The lowest BCUT2D eigenvalue weighted by Gasteiger charge is -2.23. The van der Waals surface area contributed by atoms with Gasteiger partial charge in [0.25, 0.3) is 5.56 Å². The van der Waals surface area contributed by atoms with Crippen LogP contribution in [0.15, 0.2) is 79.4 Å². The van der Waals surface area contributed by atoms with Crippen LogP contribution in [-0.4, -0.2) is 29.7 Å². The second-order valence-corrected chi connectivity index (χ2v) is 10.3. The van der Waals surface area contributed by atoms with Crippen molar-refractivity contribution in [1.82, 2.24) is 4.57 Å². The van der Waals surface area contributed by atoms with Crippen LogP contribution in [0.4, 0.5) is 0 Å². The van der Waals surface area contributed by atoms with Crippen LogP contribution in [-0.2, 0) is 14.3 Å². The van der Waals surface area contributed by atoms with Gasteiger partial charge in [-0.1, -0.05) is 29.5 Å². The number of nitrogens with zero attached hydrogens (tertiary/aromatic N) is 2. The van der Waals surface area contributed by atoms with Gasteiger partial charge in [0.05, 0.1) is 34.6 Å². The molecule has 0 spiro atoms. The molecule has 1 aliphatic rings. The van der Waals surface area contributed by atoms with Crippen molar-refractivity contribution >= 4 is 40.7 Å². The van der Waals surface area contributed by atoms with E-state index in [4.69, 9.17) is 13.9 Å². The zero-order valence-corrected chi connectivity index (χ0v) is 22.6. The molecule has 0 unspecified atom stereocenters. The Labute approximate surface area is 225 Å². The molecule has 194 valence electrons. The molecule has 5 rings (SSSR count). The fraction of sp³-hybridized carbons (Fsp3) is 0.214. The van der Waals surface area contributed by atoms with Crippen molar-refractivity contribution in [3.8, 4) is 11.3 Å². The van der Waals surface area contributed by atoms with Gasteiger partial charge in [-0.3, -0.25) is 9.36 Å². The van der Waals surface area contributed by atoms with Crippen molar-refractivity contribution in [2.24, 2.45) is 4.99 Å². The number of thiazole rings is 1. The third-order valence-electron chi connectivity index (χ3n) is 5.91. The zero-order valence-electron chi connectivity index (χ0n) is 20.9. The predicted molar refractivity (Wildman–Crippen MR) is 145 cm³/mol. The Morgan fingerprint density at radius 3 is 2.47 bits per heavy atom. The minimum Gasteiger partial charge on any atom is -0.463 e. The molecule has 1 aliphatic heterocycles. The number of fused-ring (bicyclic) bond motifs is 1. The van der Waals surface area contributed by atoms with Gasteiger partial charge < -0.3 is 13.9 Å². The fourth-order valence-corrected chi connectivity index (χ4v) is 6.06. The summed E-state index contributed by atoms with van der Waals surface area (Å²) in [5, 5.41) is 1.91. The normalized spacial score (nSPS) is 15.2. The Bertz CT molecular complexity index is 1710. The molecule has 8 nitrogen and oxygen atoms in total. The monoisotopic (exact) mass is 548 g/mol. The smallest absolute Gasteiger partial charge is 0.338 e. The number of esters is 2. The van der Waals surface area contributed by atoms with Crippen molar-refractivity contribution in [2.45, 2.75) is 26.8 Å². The van der Waals surface area contributed by atoms with E-state index >= 15 is 0 Å². The van der Waals surface area contributed by atoms with Gasteiger partial charge >= 0.3 is 11.9 Å². The molecule has 38 heavy (non-hydrogen) atoms. The summed E-state index contributed by atoms with van der Waals surface area (Å²) in [7, 11) is 0. The molecule has 10 heteroatoms. The molecule has 3 aromatic heterocycles. The number of hydrogen-bond donors (Lipinski definition) is 0. The molecular formula is C28H24N2O6S2. The van der Waals surface area contributed by atoms with Gasteiger partial charge in [0.15, 0.2) is 4.80 Å². The van der Waals surface area contributed by atoms with Crippen molar-refractivity contribution in [2.75, 3.05) is 13.2 Å². The minimum atomic E-state index is -0.613. The molecule has 0 amide bonds. The molecule has 1 atom stereocenters. The van der Waals surface area contributed by atoms with Gasteiger partial charge in [0.2, 0.25) is 0 Å². The molecule has 1 aromatic carbocycles. The highest BCUT2D eigenvalue weighted by molar-refractivity contribution is 7.10. The van der Waals surface area contributed by atoms with Crippen LogP contribution in [0.2, 0.25) is 0 Å². The van der Waals surface area contributed by atoms with E-state index in [0.717, 1.165) is 10.4 Å². The lowest BCUT2D eigenvalue weighted by molar-refractivity contribution is -0.139. The summed E-state index contributed by atoms with van der Waals surface area (Å²) in [5.74, 6) is 0.230. The quantitative estimate of drug-likeness (QED) is 0.320. The number of hydrogen-bond acceptors (Lipinski definition) is 9. The number of aromatic nitrogens is 1. The number of ether oxygens (including phenoxy) is 2. The topological polar surface area (TPSA) is 100 Å². The molecule has 0 saturated carbocycles. The van der Waals surface area contributed by atoms with Crippen LogP contribution in [0.5, 0.6) is 0 Å². The summed E-state index contributed by atoms with van der Waals surface area (Å²) >= 11 is 2.70. The SMILES string of the molecule is CCOC(=O)C1=C(C)N=c2s/c(=C/c3ccc(-c4ccc(C(=O)OCC)cc4)o3)c(=O)n2[C@@H]1c1cccs1. The first-order valence-electron chi connectivity index (χ1n) is 12.0. The Balaban J connectivity index is 1.52. The van der Waals surface area contributed by atoms with Crippen molar-refractivity contribution < 1.29 is 23.5 Å². The number of rotatable bonds is 7. The van der Waals surface area contributed by atoms with Gasteiger partial charge in [0, 0.05) is 16.5 Å². The van der Waals surface area contributed by atoms with E-state index in [0.29, 0.717) is 44.3 Å². The maximum Gasteiger partial charge on any atom is 0.338 e. The Hall–Kier alpha value is -4.02. The highest BCUT2D eigenvalue weighted by atomic mass is 32.1. The third-order valence-corrected chi connectivity index (χ3v) is 7.82. The van der Waals surface area contributed by atoms with E-state index in [2.05, 4.69) is 4.99 Å². The number of allylic oxidation sites excluding steroid dienone is 1. The Kier molecular flexibility index (Phi) is 7.26. The summed E-state index contributed by atoms with van der Waals surface area (Å²) in [6, 6.07) is 13.7. The summed E-state index contributed by atoms with van der Waals surface area (Å²) in [6.07, 6.45) is 1.68. The summed E-state index contributed by atoms with van der Waals surface area (Å²) in [4.78, 5) is 44.3. The van der Waals surface area contributed by atoms with Crippen LogP contribution < -0.4 is 14.9 Å². The third kappa shape index (κ3) is 4.80. The molecule has 0 aliphatic carbocycles. The Morgan fingerprint density at radius 2 is 1.79 bits per heavy atom. The van der Waals surface area contributed by atoms with Crippen LogP contribution in [0.3, 0.4) is 0 Å². The predicted octanol–water partition coefficient (Wildman–Crippen LogP) is 4.30. The summed E-state index contributed by atoms with van der Waals surface area (Å²) in [5.41, 5.74) is 1.87. The second-order valence-electron chi connectivity index (χ2n) is 8.32. The van der Waals surface area contributed by atoms with Gasteiger partial charge in [0.1, 0.15) is 17.6 Å². The summed E-state index contributed by atoms with van der Waals surface area (Å²) in [6.45, 7) is 5.80. The molecule has 0 radical (unpaired) electrons. The zero-order chi connectivity index (χ0) is 26.8. The first kappa shape index (κ1) is 25.6. The first-order valence-corrected chi connectivity index (χ1v) is 13.7. The molecule has 0 fully saturated rings. The van der Waals surface area contributed by atoms with E-state index in [1.807, 2.05) is 17.5 Å². The van der Waals surface area contributed by atoms with Crippen LogP contribution in [0.25, 0.3) is 17.4 Å². The maximum absolute atomic E-state index is 13.6. The number of furan rings is 1. The van der Waals surface area contributed by atoms with Gasteiger partial charge in [-0.15, -0.1) is 11.3 Å². The molecule has 0 N–H and O–H groups in total. The standard InChI is InChI=1S/C28H24N2O6S2/c1-4-34-26(32)18-10-8-17(9-11-18)20-13-12-19(36-20)15-22-25(31)30-24(21-7-6-14-37-21)23(27(33)35-5-2)16(3)29-28(30)38-22/h6-15,24H,4-5H2,1-3H3/b22-15+/t24-/m1/s1. The molecule has 4 aromatic rings. The number of benzene rings is 1. The van der Waals surface area contributed by atoms with Crippen molar-refractivity contribution in [1.29, 1.82) is 0 Å². The van der Waals surface area contributed by atoms with Gasteiger partial charge in [-0.05, 0) is 56.5 Å². The largest absolute Gasteiger partial charge is 0.463 e. The van der Waals surface area contributed by atoms with E-state index in [-0.39, 0.29) is 18.1 Å². The fourth-order valence-electron chi connectivity index (χ4n) is 4.21.